The third-order valence-electron chi connectivity index (χ3n) is 2.87. The van der Waals surface area contributed by atoms with E-state index in [1.54, 1.807) is 17.2 Å². The number of likely N-dealkylation sites (tertiary alicyclic amines) is 1. The number of carbonyl (C=O) groups is 1. The first-order valence-electron chi connectivity index (χ1n) is 5.21. The van der Waals surface area contributed by atoms with Crippen molar-refractivity contribution in [3.63, 3.8) is 0 Å². The van der Waals surface area contributed by atoms with Crippen LogP contribution in [0.4, 0.5) is 5.13 Å². The third-order valence-corrected chi connectivity index (χ3v) is 3.54. The predicted molar refractivity (Wildman–Crippen MR) is 62.3 cm³/mol. The molecule has 0 saturated carbocycles. The van der Waals surface area contributed by atoms with Crippen LogP contribution in [-0.2, 0) is 0 Å². The van der Waals surface area contributed by atoms with Crippen LogP contribution in [0, 0.1) is 0 Å². The number of amides is 1. The second-order valence-electron chi connectivity index (χ2n) is 4.36. The van der Waals surface area contributed by atoms with E-state index in [2.05, 4.69) is 4.98 Å². The zero-order valence-corrected chi connectivity index (χ0v) is 9.96. The average Bonchev–Trinajstić information content (AvgIpc) is 2.64. The molecule has 1 aliphatic rings. The maximum Gasteiger partial charge on any atom is 0.273 e. The van der Waals surface area contributed by atoms with Crippen molar-refractivity contribution in [2.75, 3.05) is 18.8 Å². The van der Waals surface area contributed by atoms with E-state index in [-0.39, 0.29) is 5.91 Å². The Bertz CT molecular complexity index is 393. The van der Waals surface area contributed by atoms with Crippen LogP contribution in [0.15, 0.2) is 5.38 Å². The summed E-state index contributed by atoms with van der Waals surface area (Å²) < 4.78 is 0. The Hall–Kier alpha value is -1.14. The standard InChI is InChI=1S/C10H15N3O2S/c1-10(15)2-4-13(5-3-10)8(14)7-6-16-9(11)12-7/h6,15H,2-5H2,1H3,(H2,11,12). The molecule has 1 aromatic heterocycles. The van der Waals surface area contributed by atoms with Crippen molar-refractivity contribution in [3.8, 4) is 0 Å². The minimum absolute atomic E-state index is 0.0940. The summed E-state index contributed by atoms with van der Waals surface area (Å²) in [5.74, 6) is -0.0940. The fourth-order valence-electron chi connectivity index (χ4n) is 1.74. The predicted octanol–water partition coefficient (Wildman–Crippen LogP) is 0.712. The van der Waals surface area contributed by atoms with Crippen molar-refractivity contribution in [2.24, 2.45) is 0 Å². The SMILES string of the molecule is CC1(O)CCN(C(=O)c2csc(N)n2)CC1. The number of nitrogens with zero attached hydrogens (tertiary/aromatic N) is 2. The van der Waals surface area contributed by atoms with Gasteiger partial charge >= 0.3 is 0 Å². The second kappa shape index (κ2) is 4.03. The molecule has 6 heteroatoms. The molecule has 1 aliphatic heterocycles. The largest absolute Gasteiger partial charge is 0.390 e. The lowest BCUT2D eigenvalue weighted by molar-refractivity contribution is -0.00216. The number of hydrogen-bond donors (Lipinski definition) is 2. The molecule has 0 unspecified atom stereocenters. The zero-order chi connectivity index (χ0) is 11.8. The number of aliphatic hydroxyl groups is 1. The number of carbonyl (C=O) groups excluding carboxylic acids is 1. The fourth-order valence-corrected chi connectivity index (χ4v) is 2.28. The molecule has 5 nitrogen and oxygen atoms in total. The Morgan fingerprint density at radius 3 is 2.75 bits per heavy atom. The summed E-state index contributed by atoms with van der Waals surface area (Å²) in [6.07, 6.45) is 1.22. The molecular weight excluding hydrogens is 226 g/mol. The normalized spacial score (nSPS) is 19.8. The molecule has 0 aliphatic carbocycles. The highest BCUT2D eigenvalue weighted by Gasteiger charge is 2.30. The lowest BCUT2D eigenvalue weighted by Gasteiger charge is -2.35. The number of hydrogen-bond acceptors (Lipinski definition) is 5. The Balaban J connectivity index is 2.02. The molecular formula is C10H15N3O2S. The van der Waals surface area contributed by atoms with E-state index in [0.717, 1.165) is 0 Å². The second-order valence-corrected chi connectivity index (χ2v) is 5.25. The van der Waals surface area contributed by atoms with E-state index in [1.165, 1.54) is 11.3 Å². The quantitative estimate of drug-likeness (QED) is 0.759. The number of aromatic nitrogens is 1. The first-order valence-corrected chi connectivity index (χ1v) is 6.08. The van der Waals surface area contributed by atoms with E-state index >= 15 is 0 Å². The first kappa shape index (κ1) is 11.3. The van der Waals surface area contributed by atoms with Gasteiger partial charge in [-0.15, -0.1) is 11.3 Å². The van der Waals surface area contributed by atoms with Crippen molar-refractivity contribution in [2.45, 2.75) is 25.4 Å². The lowest BCUT2D eigenvalue weighted by Crippen LogP contribution is -2.45. The molecule has 1 amide bonds. The van der Waals surface area contributed by atoms with Gasteiger partial charge in [-0.2, -0.15) is 0 Å². The Kier molecular flexibility index (Phi) is 2.86. The highest BCUT2D eigenvalue weighted by atomic mass is 32.1. The van der Waals surface area contributed by atoms with Crippen LogP contribution in [-0.4, -0.2) is 39.6 Å². The van der Waals surface area contributed by atoms with Gasteiger partial charge < -0.3 is 15.7 Å². The first-order chi connectivity index (χ1) is 7.48. The van der Waals surface area contributed by atoms with Crippen molar-refractivity contribution in [1.82, 2.24) is 9.88 Å². The van der Waals surface area contributed by atoms with Gasteiger partial charge in [-0.3, -0.25) is 4.79 Å². The fraction of sp³-hybridized carbons (Fsp3) is 0.600. The molecule has 0 atom stereocenters. The van der Waals surface area contributed by atoms with Crippen LogP contribution in [0.5, 0.6) is 0 Å². The lowest BCUT2D eigenvalue weighted by atomic mass is 9.94. The maximum absolute atomic E-state index is 12.0. The molecule has 0 bridgehead atoms. The topological polar surface area (TPSA) is 79.5 Å². The Morgan fingerprint density at radius 1 is 1.62 bits per heavy atom. The van der Waals surface area contributed by atoms with Gasteiger partial charge in [0.1, 0.15) is 5.69 Å². The zero-order valence-electron chi connectivity index (χ0n) is 9.14. The molecule has 16 heavy (non-hydrogen) atoms. The van der Waals surface area contributed by atoms with E-state index in [9.17, 15) is 9.90 Å². The maximum atomic E-state index is 12.0. The molecule has 2 heterocycles. The Morgan fingerprint density at radius 2 is 2.25 bits per heavy atom. The van der Waals surface area contributed by atoms with Gasteiger partial charge in [-0.25, -0.2) is 4.98 Å². The Labute approximate surface area is 97.9 Å². The summed E-state index contributed by atoms with van der Waals surface area (Å²) in [6, 6.07) is 0. The van der Waals surface area contributed by atoms with Gasteiger partial charge in [0.2, 0.25) is 0 Å². The van der Waals surface area contributed by atoms with Crippen molar-refractivity contribution < 1.29 is 9.90 Å². The van der Waals surface area contributed by atoms with Gasteiger partial charge in [0.05, 0.1) is 5.60 Å². The van der Waals surface area contributed by atoms with Crippen LogP contribution < -0.4 is 5.73 Å². The summed E-state index contributed by atoms with van der Waals surface area (Å²) in [5, 5.41) is 11.9. The molecule has 0 radical (unpaired) electrons. The van der Waals surface area contributed by atoms with E-state index in [0.29, 0.717) is 36.8 Å². The van der Waals surface area contributed by atoms with Crippen LogP contribution in [0.2, 0.25) is 0 Å². The van der Waals surface area contributed by atoms with Crippen LogP contribution in [0.1, 0.15) is 30.3 Å². The average molecular weight is 241 g/mol. The van der Waals surface area contributed by atoms with E-state index < -0.39 is 5.60 Å². The highest BCUT2D eigenvalue weighted by Crippen LogP contribution is 2.23. The third kappa shape index (κ3) is 2.33. The number of piperidine rings is 1. The van der Waals surface area contributed by atoms with Crippen LogP contribution in [0.25, 0.3) is 0 Å². The summed E-state index contributed by atoms with van der Waals surface area (Å²) in [6.45, 7) is 2.95. The van der Waals surface area contributed by atoms with Crippen molar-refractivity contribution in [3.05, 3.63) is 11.1 Å². The molecule has 1 aromatic rings. The molecule has 0 aromatic carbocycles. The number of thiazole rings is 1. The monoisotopic (exact) mass is 241 g/mol. The van der Waals surface area contributed by atoms with Crippen molar-refractivity contribution in [1.29, 1.82) is 0 Å². The molecule has 88 valence electrons. The number of nitrogen functional groups attached to an aromatic ring is 1. The van der Waals surface area contributed by atoms with Crippen molar-refractivity contribution >= 4 is 22.4 Å². The summed E-state index contributed by atoms with van der Waals surface area (Å²) in [5.41, 5.74) is 5.25. The number of rotatable bonds is 1. The minimum Gasteiger partial charge on any atom is -0.390 e. The van der Waals surface area contributed by atoms with E-state index in [4.69, 9.17) is 5.73 Å². The van der Waals surface area contributed by atoms with Crippen LogP contribution >= 0.6 is 11.3 Å². The van der Waals surface area contributed by atoms with Gasteiger partial charge in [0.25, 0.3) is 5.91 Å². The highest BCUT2D eigenvalue weighted by molar-refractivity contribution is 7.13. The smallest absolute Gasteiger partial charge is 0.273 e. The van der Waals surface area contributed by atoms with Gasteiger partial charge in [-0.05, 0) is 19.8 Å². The summed E-state index contributed by atoms with van der Waals surface area (Å²) in [7, 11) is 0. The summed E-state index contributed by atoms with van der Waals surface area (Å²) >= 11 is 1.27. The number of anilines is 1. The molecule has 1 saturated heterocycles. The van der Waals surface area contributed by atoms with E-state index in [1.807, 2.05) is 0 Å². The molecule has 2 rings (SSSR count). The molecule has 3 N–H and O–H groups in total. The van der Waals surface area contributed by atoms with Gasteiger partial charge in [0, 0.05) is 18.5 Å². The van der Waals surface area contributed by atoms with Gasteiger partial charge in [0.15, 0.2) is 5.13 Å². The number of nitrogens with two attached hydrogens (primary N) is 1. The minimum atomic E-state index is -0.641. The molecule has 0 spiro atoms. The summed E-state index contributed by atoms with van der Waals surface area (Å²) in [4.78, 5) is 17.6. The van der Waals surface area contributed by atoms with Gasteiger partial charge in [-0.1, -0.05) is 0 Å². The van der Waals surface area contributed by atoms with Crippen LogP contribution in [0.3, 0.4) is 0 Å². The molecule has 1 fully saturated rings.